The van der Waals surface area contributed by atoms with Crippen LogP contribution in [0.3, 0.4) is 0 Å². The fraction of sp³-hybridized carbons (Fsp3) is 0.125. The van der Waals surface area contributed by atoms with Gasteiger partial charge in [-0.15, -0.1) is 0 Å². The largest absolute Gasteiger partial charge is 0.326 e. The molecule has 0 unspecified atom stereocenters. The topological polar surface area (TPSA) is 44.3 Å². The summed E-state index contributed by atoms with van der Waals surface area (Å²) >= 11 is 0. The van der Waals surface area contributed by atoms with Crippen LogP contribution in [-0.2, 0) is 0 Å². The van der Waals surface area contributed by atoms with Crippen molar-refractivity contribution >= 4 is 17.2 Å². The number of pyridine rings is 1. The van der Waals surface area contributed by atoms with E-state index in [1.165, 1.54) is 0 Å². The zero-order valence-electron chi connectivity index (χ0n) is 11.0. The number of benzene rings is 1. The Labute approximate surface area is 117 Å². The molecule has 0 amide bonds. The van der Waals surface area contributed by atoms with Crippen molar-refractivity contribution in [1.29, 1.82) is 5.26 Å². The highest BCUT2D eigenvalue weighted by Gasteiger charge is 2.11. The van der Waals surface area contributed by atoms with Gasteiger partial charge in [0.25, 0.3) is 0 Å². The fourth-order valence-corrected chi connectivity index (χ4v) is 2.30. The van der Waals surface area contributed by atoms with Crippen molar-refractivity contribution in [3.05, 3.63) is 60.9 Å². The van der Waals surface area contributed by atoms with Crippen molar-refractivity contribution in [1.82, 2.24) is 9.38 Å². The molecule has 0 atom stereocenters. The lowest BCUT2D eigenvalue weighted by atomic mass is 10.2. The Hall–Kier alpha value is -2.80. The van der Waals surface area contributed by atoms with Crippen LogP contribution in [0.15, 0.2) is 60.9 Å². The third kappa shape index (κ3) is 2.21. The van der Waals surface area contributed by atoms with Gasteiger partial charge in [0, 0.05) is 24.6 Å². The van der Waals surface area contributed by atoms with Crippen molar-refractivity contribution in [2.75, 3.05) is 11.4 Å². The van der Waals surface area contributed by atoms with Gasteiger partial charge in [-0.1, -0.05) is 24.3 Å². The molecule has 2 heterocycles. The minimum atomic E-state index is 0.472. The summed E-state index contributed by atoms with van der Waals surface area (Å²) in [5, 5.41) is 8.89. The minimum absolute atomic E-state index is 0.472. The molecule has 0 fully saturated rings. The van der Waals surface area contributed by atoms with E-state index in [1.807, 2.05) is 59.1 Å². The molecule has 4 heteroatoms. The second kappa shape index (κ2) is 5.45. The molecule has 4 nitrogen and oxygen atoms in total. The van der Waals surface area contributed by atoms with Crippen molar-refractivity contribution in [2.24, 2.45) is 0 Å². The Morgan fingerprint density at radius 2 is 1.95 bits per heavy atom. The first-order chi connectivity index (χ1) is 9.90. The van der Waals surface area contributed by atoms with Crippen molar-refractivity contribution in [2.45, 2.75) is 6.42 Å². The average molecular weight is 262 g/mol. The Morgan fingerprint density at radius 1 is 1.10 bits per heavy atom. The van der Waals surface area contributed by atoms with Crippen LogP contribution in [-0.4, -0.2) is 15.9 Å². The van der Waals surface area contributed by atoms with Crippen LogP contribution in [0.2, 0.25) is 0 Å². The summed E-state index contributed by atoms with van der Waals surface area (Å²) in [6, 6.07) is 18.3. The molecular formula is C16H14N4. The predicted octanol–water partition coefficient (Wildman–Crippen LogP) is 3.39. The standard InChI is InChI=1S/C16H14N4/c17-10-5-12-19(14-6-2-1-3-7-14)16-9-4-8-15-18-11-13-20(15)16/h1-4,6-9,11,13H,5,12H2. The van der Waals surface area contributed by atoms with Crippen molar-refractivity contribution in [3.8, 4) is 6.07 Å². The van der Waals surface area contributed by atoms with Gasteiger partial charge < -0.3 is 4.90 Å². The van der Waals surface area contributed by atoms with Crippen molar-refractivity contribution in [3.63, 3.8) is 0 Å². The number of para-hydroxylation sites is 1. The highest BCUT2D eigenvalue weighted by Crippen LogP contribution is 2.25. The molecule has 0 saturated carbocycles. The lowest BCUT2D eigenvalue weighted by Gasteiger charge is -2.24. The van der Waals surface area contributed by atoms with E-state index in [1.54, 1.807) is 6.20 Å². The first kappa shape index (κ1) is 12.2. The first-order valence-corrected chi connectivity index (χ1v) is 6.52. The molecule has 0 N–H and O–H groups in total. The first-order valence-electron chi connectivity index (χ1n) is 6.52. The van der Waals surface area contributed by atoms with Gasteiger partial charge in [0.15, 0.2) is 0 Å². The molecule has 3 rings (SSSR count). The molecule has 0 spiro atoms. The predicted molar refractivity (Wildman–Crippen MR) is 78.9 cm³/mol. The van der Waals surface area contributed by atoms with Gasteiger partial charge in [-0.05, 0) is 24.3 Å². The summed E-state index contributed by atoms with van der Waals surface area (Å²) < 4.78 is 2.03. The smallest absolute Gasteiger partial charge is 0.138 e. The van der Waals surface area contributed by atoms with Crippen LogP contribution in [0, 0.1) is 11.3 Å². The summed E-state index contributed by atoms with van der Waals surface area (Å²) in [5.74, 6) is 1.02. The molecule has 0 aliphatic rings. The molecule has 20 heavy (non-hydrogen) atoms. The number of hydrogen-bond donors (Lipinski definition) is 0. The number of hydrogen-bond acceptors (Lipinski definition) is 3. The Balaban J connectivity index is 2.10. The number of nitriles is 1. The van der Waals surface area contributed by atoms with Gasteiger partial charge in [0.05, 0.1) is 12.5 Å². The normalized spacial score (nSPS) is 10.3. The molecule has 98 valence electrons. The summed E-state index contributed by atoms with van der Waals surface area (Å²) in [4.78, 5) is 6.44. The van der Waals surface area contributed by atoms with E-state index in [4.69, 9.17) is 5.26 Å². The molecule has 0 aliphatic heterocycles. The zero-order valence-corrected chi connectivity index (χ0v) is 11.0. The average Bonchev–Trinajstić information content (AvgIpc) is 2.98. The maximum atomic E-state index is 8.89. The highest BCUT2D eigenvalue weighted by atomic mass is 15.2. The molecular weight excluding hydrogens is 248 g/mol. The minimum Gasteiger partial charge on any atom is -0.326 e. The van der Waals surface area contributed by atoms with Gasteiger partial charge in [0.1, 0.15) is 11.5 Å². The lowest BCUT2D eigenvalue weighted by molar-refractivity contribution is 0.913. The molecule has 0 radical (unpaired) electrons. The molecule has 1 aromatic carbocycles. The van der Waals surface area contributed by atoms with Crippen LogP contribution >= 0.6 is 0 Å². The Kier molecular flexibility index (Phi) is 3.34. The monoisotopic (exact) mass is 262 g/mol. The second-order valence-corrected chi connectivity index (χ2v) is 4.43. The summed E-state index contributed by atoms with van der Waals surface area (Å²) in [7, 11) is 0. The maximum Gasteiger partial charge on any atom is 0.138 e. The van der Waals surface area contributed by atoms with E-state index < -0.39 is 0 Å². The number of anilines is 2. The second-order valence-electron chi connectivity index (χ2n) is 4.43. The molecule has 2 aromatic heterocycles. The van der Waals surface area contributed by atoms with E-state index >= 15 is 0 Å². The third-order valence-corrected chi connectivity index (χ3v) is 3.20. The van der Waals surface area contributed by atoms with Crippen LogP contribution in [0.4, 0.5) is 11.5 Å². The quantitative estimate of drug-likeness (QED) is 0.724. The number of fused-ring (bicyclic) bond motifs is 1. The lowest BCUT2D eigenvalue weighted by Crippen LogP contribution is -2.20. The fourth-order valence-electron chi connectivity index (χ4n) is 2.30. The summed E-state index contributed by atoms with van der Waals surface area (Å²) in [6.45, 7) is 0.651. The van der Waals surface area contributed by atoms with Crippen LogP contribution in [0.1, 0.15) is 6.42 Å². The third-order valence-electron chi connectivity index (χ3n) is 3.20. The van der Waals surface area contributed by atoms with Gasteiger partial charge in [0.2, 0.25) is 0 Å². The number of imidazole rings is 1. The van der Waals surface area contributed by atoms with E-state index in [9.17, 15) is 0 Å². The SMILES string of the molecule is N#CCCN(c1ccccc1)c1cccc2nccn12. The Bertz CT molecular complexity index is 740. The van der Waals surface area contributed by atoms with Crippen LogP contribution in [0.5, 0.6) is 0 Å². The highest BCUT2D eigenvalue weighted by molar-refractivity contribution is 5.63. The summed E-state index contributed by atoms with van der Waals surface area (Å²) in [5.41, 5.74) is 1.98. The number of rotatable bonds is 4. The summed E-state index contributed by atoms with van der Waals surface area (Å²) in [6.07, 6.45) is 4.19. The number of nitrogens with zero attached hydrogens (tertiary/aromatic N) is 4. The zero-order chi connectivity index (χ0) is 13.8. The number of aromatic nitrogens is 2. The van der Waals surface area contributed by atoms with E-state index in [0.717, 1.165) is 17.2 Å². The van der Waals surface area contributed by atoms with Crippen LogP contribution < -0.4 is 4.90 Å². The molecule has 3 aromatic rings. The van der Waals surface area contributed by atoms with E-state index in [0.29, 0.717) is 13.0 Å². The van der Waals surface area contributed by atoms with Crippen LogP contribution in [0.25, 0.3) is 5.65 Å². The van der Waals surface area contributed by atoms with Gasteiger partial charge in [-0.2, -0.15) is 5.26 Å². The molecule has 0 bridgehead atoms. The van der Waals surface area contributed by atoms with E-state index in [-0.39, 0.29) is 0 Å². The van der Waals surface area contributed by atoms with Crippen molar-refractivity contribution < 1.29 is 0 Å². The molecule has 0 aliphatic carbocycles. The van der Waals surface area contributed by atoms with Gasteiger partial charge in [-0.25, -0.2) is 4.98 Å². The Morgan fingerprint density at radius 3 is 2.75 bits per heavy atom. The maximum absolute atomic E-state index is 8.89. The van der Waals surface area contributed by atoms with Gasteiger partial charge in [-0.3, -0.25) is 4.40 Å². The van der Waals surface area contributed by atoms with E-state index in [2.05, 4.69) is 16.0 Å². The van der Waals surface area contributed by atoms with Gasteiger partial charge >= 0.3 is 0 Å². The molecule has 0 saturated heterocycles.